The first-order valence-corrected chi connectivity index (χ1v) is 5.96. The first-order valence-electron chi connectivity index (χ1n) is 5.96. The first-order chi connectivity index (χ1) is 9.60. The Bertz CT molecular complexity index is 670. The van der Waals surface area contributed by atoms with Crippen LogP contribution in [0.5, 0.6) is 0 Å². The number of nitrogens with two attached hydrogens (primary N) is 1. The van der Waals surface area contributed by atoms with E-state index in [2.05, 4.69) is 21.0 Å². The van der Waals surface area contributed by atoms with Gasteiger partial charge in [-0.15, -0.1) is 0 Å². The van der Waals surface area contributed by atoms with Crippen LogP contribution in [0.3, 0.4) is 0 Å². The van der Waals surface area contributed by atoms with Gasteiger partial charge in [-0.3, -0.25) is 0 Å². The van der Waals surface area contributed by atoms with E-state index < -0.39 is 0 Å². The highest BCUT2D eigenvalue weighted by Gasteiger charge is 2.10. The molecule has 0 unspecified atom stereocenters. The van der Waals surface area contributed by atoms with Gasteiger partial charge in [0, 0.05) is 14.1 Å². The zero-order chi connectivity index (χ0) is 14.5. The molecule has 0 atom stereocenters. The van der Waals surface area contributed by atoms with Crippen molar-refractivity contribution in [1.29, 1.82) is 5.26 Å². The van der Waals surface area contributed by atoms with Gasteiger partial charge in [-0.1, -0.05) is 30.3 Å². The van der Waals surface area contributed by atoms with Crippen LogP contribution < -0.4 is 10.6 Å². The fraction of sp³-hybridized carbons (Fsp3) is 0.143. The van der Waals surface area contributed by atoms with Gasteiger partial charge in [0.25, 0.3) is 0 Å². The smallest absolute Gasteiger partial charge is 0.230 e. The van der Waals surface area contributed by atoms with Crippen molar-refractivity contribution < 1.29 is 0 Å². The SMILES string of the molecule is CN(C)c1nc(N)nc(/C(C#N)=C\c2ccccc2)n1. The number of anilines is 2. The quantitative estimate of drug-likeness (QED) is 0.848. The maximum absolute atomic E-state index is 9.29. The van der Waals surface area contributed by atoms with E-state index in [9.17, 15) is 5.26 Å². The topological polar surface area (TPSA) is 91.7 Å². The van der Waals surface area contributed by atoms with E-state index in [4.69, 9.17) is 5.73 Å². The number of hydrogen-bond donors (Lipinski definition) is 1. The molecule has 1 aromatic carbocycles. The molecular weight excluding hydrogens is 252 g/mol. The minimum absolute atomic E-state index is 0.0907. The van der Waals surface area contributed by atoms with Gasteiger partial charge < -0.3 is 10.6 Å². The Kier molecular flexibility index (Phi) is 3.91. The zero-order valence-electron chi connectivity index (χ0n) is 11.3. The number of rotatable bonds is 3. The monoisotopic (exact) mass is 266 g/mol. The van der Waals surface area contributed by atoms with Crippen LogP contribution >= 0.6 is 0 Å². The predicted molar refractivity (Wildman–Crippen MR) is 78.5 cm³/mol. The molecule has 2 aromatic rings. The van der Waals surface area contributed by atoms with Gasteiger partial charge in [-0.05, 0) is 11.6 Å². The number of aromatic nitrogens is 3. The van der Waals surface area contributed by atoms with Crippen LogP contribution in [0.1, 0.15) is 11.4 Å². The molecule has 0 fully saturated rings. The lowest BCUT2D eigenvalue weighted by atomic mass is 10.1. The number of nitriles is 1. The lowest BCUT2D eigenvalue weighted by molar-refractivity contribution is 0.952. The Morgan fingerprint density at radius 1 is 1.20 bits per heavy atom. The van der Waals surface area contributed by atoms with Crippen molar-refractivity contribution in [3.8, 4) is 6.07 Å². The summed E-state index contributed by atoms with van der Waals surface area (Å²) in [6.07, 6.45) is 1.72. The average molecular weight is 266 g/mol. The number of nitrogen functional groups attached to an aromatic ring is 1. The van der Waals surface area contributed by atoms with Crippen molar-refractivity contribution >= 4 is 23.5 Å². The van der Waals surface area contributed by atoms with Gasteiger partial charge in [-0.2, -0.15) is 20.2 Å². The third-order valence-electron chi connectivity index (χ3n) is 2.51. The fourth-order valence-corrected chi connectivity index (χ4v) is 1.56. The molecule has 2 rings (SSSR count). The van der Waals surface area contributed by atoms with Crippen LogP contribution in [-0.2, 0) is 0 Å². The summed E-state index contributed by atoms with van der Waals surface area (Å²) in [5.41, 5.74) is 6.90. The van der Waals surface area contributed by atoms with E-state index in [-0.39, 0.29) is 11.8 Å². The van der Waals surface area contributed by atoms with E-state index in [1.807, 2.05) is 30.3 Å². The van der Waals surface area contributed by atoms with E-state index in [0.717, 1.165) is 5.56 Å². The highest BCUT2D eigenvalue weighted by molar-refractivity contribution is 5.87. The molecule has 1 aromatic heterocycles. The number of benzene rings is 1. The van der Waals surface area contributed by atoms with Gasteiger partial charge in [0.05, 0.1) is 5.57 Å². The molecule has 0 spiro atoms. The Labute approximate surface area is 117 Å². The van der Waals surface area contributed by atoms with Crippen molar-refractivity contribution in [2.45, 2.75) is 0 Å². The standard InChI is InChI=1S/C14H14N6/c1-20(2)14-18-12(17-13(16)19-14)11(9-15)8-10-6-4-3-5-7-10/h3-8H,1-2H3,(H2,16,17,18,19)/b11-8-. The molecule has 0 bridgehead atoms. The van der Waals surface area contributed by atoms with Crippen molar-refractivity contribution in [1.82, 2.24) is 15.0 Å². The lowest BCUT2D eigenvalue weighted by Gasteiger charge is -2.10. The van der Waals surface area contributed by atoms with E-state index >= 15 is 0 Å². The number of allylic oxidation sites excluding steroid dienone is 1. The van der Waals surface area contributed by atoms with E-state index in [1.165, 1.54) is 0 Å². The summed E-state index contributed by atoms with van der Waals surface area (Å²) in [6.45, 7) is 0. The maximum Gasteiger partial charge on any atom is 0.230 e. The lowest BCUT2D eigenvalue weighted by Crippen LogP contribution is -2.15. The summed E-state index contributed by atoms with van der Waals surface area (Å²) in [7, 11) is 3.59. The maximum atomic E-state index is 9.29. The van der Waals surface area contributed by atoms with E-state index in [0.29, 0.717) is 11.5 Å². The minimum atomic E-state index is 0.0907. The molecule has 20 heavy (non-hydrogen) atoms. The van der Waals surface area contributed by atoms with E-state index in [1.54, 1.807) is 25.1 Å². The molecule has 0 aliphatic carbocycles. The zero-order valence-corrected chi connectivity index (χ0v) is 11.3. The first kappa shape index (κ1) is 13.5. The van der Waals surface area contributed by atoms with Gasteiger partial charge in [0.15, 0.2) is 5.82 Å². The molecule has 0 amide bonds. The predicted octanol–water partition coefficient (Wildman–Crippen LogP) is 1.58. The third-order valence-corrected chi connectivity index (χ3v) is 2.51. The van der Waals surface area contributed by atoms with Crippen molar-refractivity contribution in [3.05, 3.63) is 41.7 Å². The van der Waals surface area contributed by atoms with Crippen LogP contribution in [0.4, 0.5) is 11.9 Å². The molecular formula is C14H14N6. The number of nitrogens with zero attached hydrogens (tertiary/aromatic N) is 5. The third kappa shape index (κ3) is 3.09. The van der Waals surface area contributed by atoms with Gasteiger partial charge >= 0.3 is 0 Å². The second kappa shape index (κ2) is 5.80. The number of hydrogen-bond acceptors (Lipinski definition) is 6. The Hall–Kier alpha value is -2.94. The average Bonchev–Trinajstić information content (AvgIpc) is 2.45. The Balaban J connectivity index is 2.48. The molecule has 0 saturated carbocycles. The van der Waals surface area contributed by atoms with Crippen LogP contribution in [0.15, 0.2) is 30.3 Å². The summed E-state index contributed by atoms with van der Waals surface area (Å²) in [4.78, 5) is 14.0. The van der Waals surface area contributed by atoms with Gasteiger partial charge in [0.2, 0.25) is 11.9 Å². The van der Waals surface area contributed by atoms with Gasteiger partial charge in [-0.25, -0.2) is 0 Å². The second-order valence-electron chi connectivity index (χ2n) is 4.29. The van der Waals surface area contributed by atoms with Crippen LogP contribution in [0.2, 0.25) is 0 Å². The summed E-state index contributed by atoms with van der Waals surface area (Å²) in [6, 6.07) is 11.6. The highest BCUT2D eigenvalue weighted by atomic mass is 15.3. The molecule has 1 heterocycles. The summed E-state index contributed by atoms with van der Waals surface area (Å²) in [5, 5.41) is 9.29. The second-order valence-corrected chi connectivity index (χ2v) is 4.29. The van der Waals surface area contributed by atoms with Gasteiger partial charge in [0.1, 0.15) is 6.07 Å². The van der Waals surface area contributed by atoms with Crippen LogP contribution in [-0.4, -0.2) is 29.0 Å². The Morgan fingerprint density at radius 2 is 1.90 bits per heavy atom. The summed E-state index contributed by atoms with van der Waals surface area (Å²) < 4.78 is 0. The normalized spacial score (nSPS) is 10.9. The van der Waals surface area contributed by atoms with Crippen LogP contribution in [0, 0.1) is 11.3 Å². The molecule has 6 nitrogen and oxygen atoms in total. The minimum Gasteiger partial charge on any atom is -0.368 e. The molecule has 0 aliphatic heterocycles. The molecule has 0 aliphatic rings. The van der Waals surface area contributed by atoms with Crippen LogP contribution in [0.25, 0.3) is 11.6 Å². The highest BCUT2D eigenvalue weighted by Crippen LogP contribution is 2.16. The fourth-order valence-electron chi connectivity index (χ4n) is 1.56. The Morgan fingerprint density at radius 3 is 2.50 bits per heavy atom. The summed E-state index contributed by atoms with van der Waals surface area (Å²) in [5.74, 6) is 0.780. The molecule has 2 N–H and O–H groups in total. The molecule has 100 valence electrons. The molecule has 6 heteroatoms. The summed E-state index contributed by atoms with van der Waals surface area (Å²) >= 11 is 0. The molecule has 0 radical (unpaired) electrons. The molecule has 0 saturated heterocycles. The van der Waals surface area contributed by atoms with Crippen molar-refractivity contribution in [3.63, 3.8) is 0 Å². The van der Waals surface area contributed by atoms with Crippen molar-refractivity contribution in [2.75, 3.05) is 24.7 Å². The largest absolute Gasteiger partial charge is 0.368 e. The van der Waals surface area contributed by atoms with Crippen molar-refractivity contribution in [2.24, 2.45) is 0 Å².